The van der Waals surface area contributed by atoms with Crippen molar-refractivity contribution in [1.29, 1.82) is 0 Å². The molecular weight excluding hydrogens is 151 g/mol. The third-order valence-corrected chi connectivity index (χ3v) is 3.38. The lowest BCUT2D eigenvalue weighted by molar-refractivity contribution is 1.04. The van der Waals surface area contributed by atoms with Crippen molar-refractivity contribution in [2.45, 2.75) is 12.8 Å². The largest absolute Gasteiger partial charge is 0.100 e. The minimum absolute atomic E-state index is 1.31. The predicted molar refractivity (Wildman–Crippen MR) is 51.6 cm³/mol. The molecule has 0 nitrogen and oxygen atoms in total. The van der Waals surface area contributed by atoms with Gasteiger partial charge in [0.2, 0.25) is 0 Å². The van der Waals surface area contributed by atoms with Crippen LogP contribution in [0.2, 0.25) is 0 Å². The lowest BCUT2D eigenvalue weighted by Crippen LogP contribution is -1.91. The summed E-state index contributed by atoms with van der Waals surface area (Å²) in [6.07, 6.45) is 4.06. The zero-order valence-corrected chi connectivity index (χ0v) is 7.35. The van der Waals surface area contributed by atoms with E-state index in [0.717, 1.165) is 0 Å². The Morgan fingerprint density at radius 2 is 1.91 bits per heavy atom. The second kappa shape index (κ2) is 3.19. The summed E-state index contributed by atoms with van der Waals surface area (Å²) in [6.45, 7) is 0. The summed E-state index contributed by atoms with van der Waals surface area (Å²) in [7, 11) is 1.55. The topological polar surface area (TPSA) is 0 Å². The van der Waals surface area contributed by atoms with Gasteiger partial charge in [0.1, 0.15) is 0 Å². The first-order valence-corrected chi connectivity index (χ1v) is 5.13. The lowest BCUT2D eigenvalue weighted by atomic mass is 10.1. The van der Waals surface area contributed by atoms with Crippen molar-refractivity contribution in [3.05, 3.63) is 35.9 Å². The summed E-state index contributed by atoms with van der Waals surface area (Å²) in [5, 5.41) is 1.63. The van der Waals surface area contributed by atoms with Crippen LogP contribution < -0.4 is 0 Å². The average molecular weight is 162 g/mol. The minimum atomic E-state index is 1.31. The molecule has 1 heterocycles. The summed E-state index contributed by atoms with van der Waals surface area (Å²) in [6, 6.07) is 10.8. The van der Waals surface area contributed by atoms with Gasteiger partial charge in [0.15, 0.2) is 0 Å². The fourth-order valence-electron chi connectivity index (χ4n) is 1.41. The van der Waals surface area contributed by atoms with Crippen molar-refractivity contribution >= 4 is 13.5 Å². The Labute approximate surface area is 69.1 Å². The van der Waals surface area contributed by atoms with Crippen molar-refractivity contribution in [2.24, 2.45) is 0 Å². The number of rotatable bonds is 1. The van der Waals surface area contributed by atoms with Gasteiger partial charge in [0.25, 0.3) is 0 Å². The van der Waals surface area contributed by atoms with E-state index < -0.39 is 0 Å². The van der Waals surface area contributed by atoms with Gasteiger partial charge in [-0.15, -0.1) is 8.20 Å². The molecule has 0 unspecified atom stereocenters. The molecule has 1 aliphatic heterocycles. The molecule has 1 aliphatic rings. The molecule has 1 aromatic rings. The minimum Gasteiger partial charge on any atom is -0.100 e. The van der Waals surface area contributed by atoms with E-state index in [4.69, 9.17) is 0 Å². The fourth-order valence-corrected chi connectivity index (χ4v) is 2.64. The molecule has 2 rings (SSSR count). The first kappa shape index (κ1) is 7.06. The quantitative estimate of drug-likeness (QED) is 0.557. The Kier molecular flexibility index (Phi) is 2.05. The van der Waals surface area contributed by atoms with E-state index in [1.54, 1.807) is 13.5 Å². The molecule has 11 heavy (non-hydrogen) atoms. The highest BCUT2D eigenvalue weighted by Gasteiger charge is 2.05. The van der Waals surface area contributed by atoms with E-state index in [1.807, 2.05) is 0 Å². The van der Waals surface area contributed by atoms with Crippen LogP contribution in [0.1, 0.15) is 18.4 Å². The summed E-state index contributed by atoms with van der Waals surface area (Å²) >= 11 is 0. The van der Waals surface area contributed by atoms with Gasteiger partial charge >= 0.3 is 0 Å². The van der Waals surface area contributed by atoms with Crippen LogP contribution in [0.3, 0.4) is 0 Å². The van der Waals surface area contributed by atoms with Crippen LogP contribution in [0.15, 0.2) is 30.3 Å². The van der Waals surface area contributed by atoms with Crippen molar-refractivity contribution in [3.63, 3.8) is 0 Å². The van der Waals surface area contributed by atoms with Crippen LogP contribution in [0.25, 0.3) is 0 Å². The normalized spacial score (nSPS) is 18.0. The summed E-state index contributed by atoms with van der Waals surface area (Å²) in [4.78, 5) is 0. The maximum atomic E-state index is 2.22. The molecule has 0 amide bonds. The van der Waals surface area contributed by atoms with Gasteiger partial charge < -0.3 is 0 Å². The van der Waals surface area contributed by atoms with Gasteiger partial charge in [-0.05, 0) is 29.9 Å². The number of benzene rings is 1. The molecule has 1 heteroatoms. The van der Waals surface area contributed by atoms with Gasteiger partial charge in [0, 0.05) is 0 Å². The van der Waals surface area contributed by atoms with Crippen molar-refractivity contribution in [1.82, 2.24) is 0 Å². The molecule has 0 spiro atoms. The highest BCUT2D eigenvalue weighted by Crippen LogP contribution is 2.21. The van der Waals surface area contributed by atoms with E-state index in [9.17, 15) is 0 Å². The number of hydrogen-bond donors (Lipinski definition) is 0. The first-order valence-electron chi connectivity index (χ1n) is 4.05. The maximum Gasteiger partial charge on any atom is -0.0100 e. The molecule has 0 aliphatic carbocycles. The third-order valence-electron chi connectivity index (χ3n) is 1.98. The molecule has 0 radical (unpaired) electrons. The Hall–Kier alpha value is -0.610. The van der Waals surface area contributed by atoms with E-state index in [0.29, 0.717) is 0 Å². The highest BCUT2D eigenvalue weighted by molar-refractivity contribution is 7.41. The van der Waals surface area contributed by atoms with E-state index in [-0.39, 0.29) is 0 Å². The van der Waals surface area contributed by atoms with Crippen LogP contribution >= 0.6 is 8.20 Å². The predicted octanol–water partition coefficient (Wildman–Crippen LogP) is 2.95. The molecule has 0 aromatic heterocycles. The van der Waals surface area contributed by atoms with Gasteiger partial charge in [-0.2, -0.15) is 0 Å². The fraction of sp³-hybridized carbons (Fsp3) is 0.300. The molecule has 56 valence electrons. The van der Waals surface area contributed by atoms with Crippen LogP contribution in [-0.4, -0.2) is 11.5 Å². The monoisotopic (exact) mass is 162 g/mol. The molecule has 1 aromatic carbocycles. The second-order valence-electron chi connectivity index (χ2n) is 2.80. The van der Waals surface area contributed by atoms with Gasteiger partial charge in [-0.3, -0.25) is 0 Å². The van der Waals surface area contributed by atoms with Gasteiger partial charge in [0.05, 0.1) is 0 Å². The Balaban J connectivity index is 2.29. The standard InChI is InChI=1S/C10H11P/c1-2-5-9(6-3-1)10-7-4-8-11-10/h1-3,5-6H,4,7-8H2. The third kappa shape index (κ3) is 1.52. The Morgan fingerprint density at radius 1 is 1.09 bits per heavy atom. The second-order valence-corrected chi connectivity index (χ2v) is 4.10. The number of hydrogen-bond acceptors (Lipinski definition) is 0. The smallest absolute Gasteiger partial charge is 0.0100 e. The molecule has 0 atom stereocenters. The van der Waals surface area contributed by atoms with E-state index in [2.05, 4.69) is 30.3 Å². The molecule has 0 saturated heterocycles. The van der Waals surface area contributed by atoms with Crippen LogP contribution in [0, 0.1) is 0 Å². The maximum absolute atomic E-state index is 2.22. The summed E-state index contributed by atoms with van der Waals surface area (Å²) in [5.41, 5.74) is 1.45. The summed E-state index contributed by atoms with van der Waals surface area (Å²) < 4.78 is 0. The molecular formula is C10H11P. The lowest BCUT2D eigenvalue weighted by Gasteiger charge is -1.98. The van der Waals surface area contributed by atoms with Crippen LogP contribution in [0.4, 0.5) is 0 Å². The van der Waals surface area contributed by atoms with E-state index >= 15 is 0 Å². The molecule has 0 saturated carbocycles. The average Bonchev–Trinajstić information content (AvgIpc) is 2.58. The summed E-state index contributed by atoms with van der Waals surface area (Å²) in [5.74, 6) is 0. The molecule has 0 fully saturated rings. The van der Waals surface area contributed by atoms with Gasteiger partial charge in [-0.25, -0.2) is 0 Å². The molecule has 0 bridgehead atoms. The Morgan fingerprint density at radius 3 is 2.55 bits per heavy atom. The van der Waals surface area contributed by atoms with E-state index in [1.165, 1.54) is 24.6 Å². The van der Waals surface area contributed by atoms with Crippen LogP contribution in [-0.2, 0) is 0 Å². The van der Waals surface area contributed by atoms with Crippen LogP contribution in [0.5, 0.6) is 0 Å². The van der Waals surface area contributed by atoms with Crippen molar-refractivity contribution in [2.75, 3.05) is 6.16 Å². The van der Waals surface area contributed by atoms with Crippen molar-refractivity contribution < 1.29 is 0 Å². The zero-order valence-electron chi connectivity index (χ0n) is 6.46. The highest BCUT2D eigenvalue weighted by atomic mass is 31.1. The zero-order chi connectivity index (χ0) is 7.52. The molecule has 0 N–H and O–H groups in total. The van der Waals surface area contributed by atoms with Crippen molar-refractivity contribution in [3.8, 4) is 0 Å². The van der Waals surface area contributed by atoms with Gasteiger partial charge in [-0.1, -0.05) is 30.3 Å². The SMILES string of the molecule is c1ccc(C2=PCCC2)cc1. The Bertz CT molecular complexity index is 261. The first-order chi connectivity index (χ1) is 5.47.